The summed E-state index contributed by atoms with van der Waals surface area (Å²) >= 11 is 5.59. The van der Waals surface area contributed by atoms with E-state index in [1.54, 1.807) is 0 Å². The van der Waals surface area contributed by atoms with Crippen molar-refractivity contribution in [2.45, 2.75) is 25.6 Å². The number of carboxylic acid groups (broad SMARTS) is 1. The van der Waals surface area contributed by atoms with Gasteiger partial charge in [0.25, 0.3) is 1.43 Å². The quantitative estimate of drug-likeness (QED) is 0.624. The SMILES string of the molecule is [2H]OC(=O)C(Cl)C(C)CC. The minimum absolute atomic E-state index is 0.0690. The average Bonchev–Trinajstić information content (AvgIpc) is 2.00. The number of carboxylic acids is 1. The first-order valence-electron chi connectivity index (χ1n) is 3.35. The van der Waals surface area contributed by atoms with Gasteiger partial charge in [-0.05, 0) is 5.92 Å². The van der Waals surface area contributed by atoms with Crippen LogP contribution in [0.1, 0.15) is 20.3 Å². The molecule has 2 atom stereocenters. The topological polar surface area (TPSA) is 37.3 Å². The van der Waals surface area contributed by atoms with Gasteiger partial charge in [-0.2, -0.15) is 0 Å². The Bertz CT molecular complexity index is 118. The fourth-order valence-electron chi connectivity index (χ4n) is 0.439. The van der Waals surface area contributed by atoms with Gasteiger partial charge in [0.15, 0.2) is 0 Å². The Kier molecular flexibility index (Phi) is 2.84. The lowest BCUT2D eigenvalue weighted by atomic mass is 10.1. The molecule has 0 saturated carbocycles. The highest BCUT2D eigenvalue weighted by Gasteiger charge is 2.19. The van der Waals surface area contributed by atoms with E-state index in [-0.39, 0.29) is 5.92 Å². The number of alkyl halides is 1. The minimum atomic E-state index is -0.678. The standard InChI is InChI=1S/C6H11ClO2/c1-3-4(2)5(7)6(8)9/h4-5H,3H2,1-2H3,(H,8,9)/i/hD. The molecule has 0 spiro atoms. The lowest BCUT2D eigenvalue weighted by molar-refractivity contribution is -0.137. The minimum Gasteiger partial charge on any atom is -0.480 e. The number of carbonyl (C=O) groups is 1. The molecule has 0 aliphatic heterocycles. The summed E-state index contributed by atoms with van der Waals surface area (Å²) in [4.78, 5) is 10.6. The number of rotatable bonds is 3. The van der Waals surface area contributed by atoms with Crippen molar-refractivity contribution in [2.75, 3.05) is 0 Å². The predicted octanol–water partition coefficient (Wildman–Crippen LogP) is 1.72. The van der Waals surface area contributed by atoms with Gasteiger partial charge in [-0.25, -0.2) is 0 Å². The van der Waals surface area contributed by atoms with Crippen LogP contribution in [0.3, 0.4) is 0 Å². The molecule has 9 heavy (non-hydrogen) atoms. The van der Waals surface area contributed by atoms with E-state index in [4.69, 9.17) is 13.0 Å². The second kappa shape index (κ2) is 3.72. The van der Waals surface area contributed by atoms with Gasteiger partial charge in [-0.1, -0.05) is 20.3 Å². The Balaban J connectivity index is 3.81. The highest BCUT2D eigenvalue weighted by molar-refractivity contribution is 6.29. The summed E-state index contributed by atoms with van der Waals surface area (Å²) in [7, 11) is 0. The molecule has 0 aromatic carbocycles. The van der Waals surface area contributed by atoms with Crippen LogP contribution in [0.5, 0.6) is 0 Å². The first kappa shape index (κ1) is 6.87. The summed E-state index contributed by atoms with van der Waals surface area (Å²) in [5.74, 6) is -0.601. The van der Waals surface area contributed by atoms with Crippen molar-refractivity contribution in [2.24, 2.45) is 5.92 Å². The number of hydrogen-bond acceptors (Lipinski definition) is 2. The maximum Gasteiger partial charge on any atom is 0.321 e. The molecular weight excluding hydrogens is 140 g/mol. The van der Waals surface area contributed by atoms with Crippen molar-refractivity contribution in [1.82, 2.24) is 0 Å². The van der Waals surface area contributed by atoms with E-state index in [0.717, 1.165) is 6.42 Å². The molecule has 0 aliphatic carbocycles. The van der Waals surface area contributed by atoms with Gasteiger partial charge in [0.1, 0.15) is 5.38 Å². The molecule has 0 saturated heterocycles. The first-order chi connectivity index (χ1) is 4.63. The van der Waals surface area contributed by atoms with Crippen LogP contribution in [-0.4, -0.2) is 16.5 Å². The highest BCUT2D eigenvalue weighted by atomic mass is 35.5. The van der Waals surface area contributed by atoms with E-state index >= 15 is 0 Å². The van der Waals surface area contributed by atoms with E-state index in [9.17, 15) is 4.79 Å². The third-order valence-electron chi connectivity index (χ3n) is 1.37. The Morgan fingerprint density at radius 3 is 2.89 bits per heavy atom. The van der Waals surface area contributed by atoms with Crippen LogP contribution in [0.2, 0.25) is 0 Å². The zero-order valence-corrected chi connectivity index (χ0v) is 6.31. The number of halogens is 1. The monoisotopic (exact) mass is 151 g/mol. The third kappa shape index (κ3) is 2.70. The van der Waals surface area contributed by atoms with Gasteiger partial charge >= 0.3 is 5.97 Å². The van der Waals surface area contributed by atoms with Crippen LogP contribution >= 0.6 is 11.6 Å². The number of hydrogen-bond donors (Lipinski definition) is 1. The molecule has 0 bridgehead atoms. The summed E-state index contributed by atoms with van der Waals surface area (Å²) in [6, 6.07) is 0. The smallest absolute Gasteiger partial charge is 0.321 e. The molecule has 0 amide bonds. The van der Waals surface area contributed by atoms with Crippen molar-refractivity contribution >= 4 is 17.6 Å². The molecule has 0 radical (unpaired) electrons. The van der Waals surface area contributed by atoms with Crippen LogP contribution in [0, 0.1) is 5.92 Å². The Labute approximate surface area is 61.3 Å². The average molecular weight is 152 g/mol. The molecule has 0 rings (SSSR count). The summed E-state index contributed by atoms with van der Waals surface area (Å²) in [5, 5.41) is 3.04. The Morgan fingerprint density at radius 2 is 2.56 bits per heavy atom. The fourth-order valence-corrected chi connectivity index (χ4v) is 0.617. The van der Waals surface area contributed by atoms with Crippen LogP contribution in [0.15, 0.2) is 0 Å². The Hall–Kier alpha value is -0.240. The van der Waals surface area contributed by atoms with Crippen molar-refractivity contribution in [3.8, 4) is 0 Å². The lowest BCUT2D eigenvalue weighted by Crippen LogP contribution is -2.20. The number of aliphatic carboxylic acids is 1. The molecule has 0 aromatic heterocycles. The van der Waals surface area contributed by atoms with Gasteiger partial charge in [0.05, 0.1) is 0 Å². The maximum atomic E-state index is 10.6. The second-order valence-corrected chi connectivity index (χ2v) is 2.58. The molecule has 0 aliphatic rings. The van der Waals surface area contributed by atoms with Crippen LogP contribution in [0.4, 0.5) is 0 Å². The molecule has 2 nitrogen and oxygen atoms in total. The molecule has 0 heterocycles. The molecule has 2 unspecified atom stereocenters. The summed E-state index contributed by atoms with van der Waals surface area (Å²) in [6.45, 7) is 3.77. The van der Waals surface area contributed by atoms with E-state index in [1.165, 1.54) is 0 Å². The first-order valence-corrected chi connectivity index (χ1v) is 3.38. The van der Waals surface area contributed by atoms with Crippen molar-refractivity contribution in [3.05, 3.63) is 0 Å². The fraction of sp³-hybridized carbons (Fsp3) is 0.833. The Morgan fingerprint density at radius 1 is 2.00 bits per heavy atom. The van der Waals surface area contributed by atoms with E-state index < -0.39 is 11.3 Å². The van der Waals surface area contributed by atoms with E-state index in [0.29, 0.717) is 0 Å². The van der Waals surface area contributed by atoms with Crippen LogP contribution < -0.4 is 0 Å². The highest BCUT2D eigenvalue weighted by Crippen LogP contribution is 2.13. The molecule has 54 valence electrons. The molecule has 0 fully saturated rings. The van der Waals surface area contributed by atoms with Gasteiger partial charge in [-0.15, -0.1) is 11.6 Å². The second-order valence-electron chi connectivity index (χ2n) is 2.11. The largest absolute Gasteiger partial charge is 0.480 e. The van der Waals surface area contributed by atoms with Gasteiger partial charge in [0, 0.05) is 0 Å². The summed E-state index contributed by atoms with van der Waals surface area (Å²) in [5.41, 5.74) is 0. The van der Waals surface area contributed by atoms with Crippen LogP contribution in [-0.2, 0) is 4.79 Å². The van der Waals surface area contributed by atoms with Gasteiger partial charge in [-0.3, -0.25) is 4.79 Å². The summed E-state index contributed by atoms with van der Waals surface area (Å²) < 4.78 is 6.27. The zero-order valence-electron chi connectivity index (χ0n) is 6.56. The zero-order chi connectivity index (χ0) is 8.15. The van der Waals surface area contributed by atoms with Gasteiger partial charge in [0.2, 0.25) is 0 Å². The maximum absolute atomic E-state index is 10.6. The molecule has 1 N–H and O–H groups in total. The summed E-state index contributed by atoms with van der Waals surface area (Å²) in [6.07, 6.45) is 0.809. The van der Waals surface area contributed by atoms with Crippen molar-refractivity contribution < 1.29 is 9.90 Å². The predicted molar refractivity (Wildman–Crippen MR) is 36.7 cm³/mol. The third-order valence-corrected chi connectivity index (χ3v) is 1.98. The van der Waals surface area contributed by atoms with Gasteiger partial charge < -0.3 is 5.11 Å². The molecular formula is C6H11ClO2. The molecule has 3 heteroatoms. The lowest BCUT2D eigenvalue weighted by Gasteiger charge is -2.09. The van der Waals surface area contributed by atoms with E-state index in [2.05, 4.69) is 5.11 Å². The normalized spacial score (nSPS) is 17.9. The van der Waals surface area contributed by atoms with Crippen molar-refractivity contribution in [1.29, 1.82) is 1.43 Å². The molecule has 0 aromatic rings. The van der Waals surface area contributed by atoms with Crippen molar-refractivity contribution in [3.63, 3.8) is 0 Å². The van der Waals surface area contributed by atoms with Crippen LogP contribution in [0.25, 0.3) is 1.43 Å². The van der Waals surface area contributed by atoms with E-state index in [1.807, 2.05) is 13.8 Å².